The minimum absolute atomic E-state index is 0.00976. The van der Waals surface area contributed by atoms with Gasteiger partial charge in [0, 0.05) is 17.7 Å². The van der Waals surface area contributed by atoms with E-state index in [9.17, 15) is 32.4 Å². The normalized spacial score (nSPS) is 32.0. The van der Waals surface area contributed by atoms with Crippen molar-refractivity contribution in [3.8, 4) is 5.88 Å². The first-order valence-electron chi connectivity index (χ1n) is 20.4. The average molecular weight is 789 g/mol. The van der Waals surface area contributed by atoms with E-state index in [1.165, 1.54) is 11.0 Å². The molecule has 5 fully saturated rings. The Labute approximate surface area is 327 Å². The number of nitrogens with one attached hydrogen (secondary N) is 3. The van der Waals surface area contributed by atoms with Crippen LogP contribution in [0.25, 0.3) is 10.9 Å². The largest absolute Gasteiger partial charge is 0.473 e. The number of esters is 1. The molecule has 14 heteroatoms. The number of carbonyl (C=O) groups is 4. The summed E-state index contributed by atoms with van der Waals surface area (Å²) in [4.78, 5) is 75.4. The first kappa shape index (κ1) is 38.4. The van der Waals surface area contributed by atoms with Crippen molar-refractivity contribution in [1.82, 2.24) is 19.9 Å². The van der Waals surface area contributed by atoms with Gasteiger partial charge in [-0.3, -0.25) is 28.7 Å². The second-order valence-electron chi connectivity index (χ2n) is 16.8. The van der Waals surface area contributed by atoms with Crippen LogP contribution in [-0.2, 0) is 40.4 Å². The molecule has 2 aromatic rings. The predicted octanol–water partition coefficient (Wildman–Crippen LogP) is 4.35. The van der Waals surface area contributed by atoms with Crippen LogP contribution < -0.4 is 20.2 Å². The van der Waals surface area contributed by atoms with Crippen LogP contribution in [0.5, 0.6) is 5.88 Å². The van der Waals surface area contributed by atoms with Crippen molar-refractivity contribution in [2.24, 2.45) is 23.7 Å². The van der Waals surface area contributed by atoms with Crippen LogP contribution in [0.4, 0.5) is 0 Å². The summed E-state index contributed by atoms with van der Waals surface area (Å²) in [6.07, 6.45) is 13.6. The molecule has 0 radical (unpaired) electrons. The van der Waals surface area contributed by atoms with Gasteiger partial charge in [-0.2, -0.15) is 0 Å². The lowest BCUT2D eigenvalue weighted by molar-refractivity contribution is -0.156. The Morgan fingerprint density at radius 1 is 0.946 bits per heavy atom. The minimum atomic E-state index is -3.90. The van der Waals surface area contributed by atoms with Gasteiger partial charge in [-0.15, -0.1) is 6.58 Å². The molecule has 3 N–H and O–H groups in total. The smallest absolute Gasteiger partial charge is 0.306 e. The Morgan fingerprint density at radius 3 is 2.46 bits per heavy atom. The second kappa shape index (κ2) is 15.5. The van der Waals surface area contributed by atoms with Crippen molar-refractivity contribution < 1.29 is 37.1 Å². The van der Waals surface area contributed by atoms with Gasteiger partial charge in [0.2, 0.25) is 21.8 Å². The maximum atomic E-state index is 14.9. The molecule has 3 heterocycles. The van der Waals surface area contributed by atoms with Gasteiger partial charge in [-0.25, -0.2) is 8.42 Å². The average Bonchev–Trinajstić information content (AvgIpc) is 3.96. The maximum Gasteiger partial charge on any atom is 0.306 e. The van der Waals surface area contributed by atoms with Gasteiger partial charge in [-0.1, -0.05) is 43.2 Å². The number of fused-ring (bicyclic) bond motifs is 5. The quantitative estimate of drug-likeness (QED) is 0.272. The molecule has 2 aliphatic heterocycles. The highest BCUT2D eigenvalue weighted by molar-refractivity contribution is 7.91. The minimum Gasteiger partial charge on any atom is -0.473 e. The van der Waals surface area contributed by atoms with Crippen LogP contribution in [0.15, 0.2) is 53.9 Å². The lowest BCUT2D eigenvalue weighted by atomic mass is 9.86. The second-order valence-corrected chi connectivity index (χ2v) is 18.8. The number of rotatable bonds is 7. The Kier molecular flexibility index (Phi) is 10.6. The number of aromatic nitrogens is 1. The summed E-state index contributed by atoms with van der Waals surface area (Å²) in [5.74, 6) is -3.07. The highest BCUT2D eigenvalue weighted by Crippen LogP contribution is 2.46. The zero-order valence-corrected chi connectivity index (χ0v) is 32.5. The van der Waals surface area contributed by atoms with Crippen LogP contribution in [0, 0.1) is 23.7 Å². The Balaban J connectivity index is 1.14. The maximum absolute atomic E-state index is 14.9. The molecule has 0 spiro atoms. The van der Waals surface area contributed by atoms with E-state index in [1.807, 2.05) is 18.2 Å². The molecule has 7 atom stereocenters. The van der Waals surface area contributed by atoms with E-state index in [1.54, 1.807) is 12.1 Å². The van der Waals surface area contributed by atoms with E-state index in [2.05, 4.69) is 27.7 Å². The third kappa shape index (κ3) is 7.65. The van der Waals surface area contributed by atoms with Gasteiger partial charge < -0.3 is 24.7 Å². The van der Waals surface area contributed by atoms with Crippen molar-refractivity contribution in [3.05, 3.63) is 64.9 Å². The summed E-state index contributed by atoms with van der Waals surface area (Å²) in [7, 11) is -3.90. The Bertz CT molecular complexity index is 2100. The van der Waals surface area contributed by atoms with Crippen LogP contribution in [0.2, 0.25) is 0 Å². The molecule has 8 rings (SSSR count). The zero-order valence-electron chi connectivity index (χ0n) is 31.7. The van der Waals surface area contributed by atoms with Gasteiger partial charge in [0.25, 0.3) is 5.91 Å². The molecule has 3 amide bonds. The molecule has 13 nitrogen and oxygen atoms in total. The molecule has 6 aliphatic rings. The number of hydrogen-bond donors (Lipinski definition) is 3. The van der Waals surface area contributed by atoms with E-state index < -0.39 is 62.6 Å². The van der Waals surface area contributed by atoms with Crippen molar-refractivity contribution in [3.63, 3.8) is 0 Å². The van der Waals surface area contributed by atoms with Crippen LogP contribution in [0.3, 0.4) is 0 Å². The molecular weight excluding hydrogens is 737 g/mol. The number of H-pyrrole nitrogens is 1. The number of carbonyl (C=O) groups excluding carboxylic acids is 4. The molecule has 300 valence electrons. The zero-order chi connectivity index (χ0) is 39.2. The number of para-hydroxylation sites is 1. The van der Waals surface area contributed by atoms with E-state index in [0.29, 0.717) is 35.7 Å². The summed E-state index contributed by atoms with van der Waals surface area (Å²) in [5, 5.41) is 2.73. The first-order valence-corrected chi connectivity index (χ1v) is 22.0. The summed E-state index contributed by atoms with van der Waals surface area (Å²) in [6, 6.07) is 6.08. The van der Waals surface area contributed by atoms with Gasteiger partial charge >= 0.3 is 5.97 Å². The third-order valence-electron chi connectivity index (χ3n) is 13.1. The molecule has 0 unspecified atom stereocenters. The van der Waals surface area contributed by atoms with Crippen LogP contribution in [0.1, 0.15) is 95.5 Å². The van der Waals surface area contributed by atoms with E-state index in [-0.39, 0.29) is 61.0 Å². The van der Waals surface area contributed by atoms with E-state index in [4.69, 9.17) is 9.47 Å². The van der Waals surface area contributed by atoms with Crippen molar-refractivity contribution >= 4 is 44.6 Å². The van der Waals surface area contributed by atoms with Gasteiger partial charge in [0.1, 0.15) is 23.8 Å². The number of nitrogens with zero attached hydrogens (tertiary/aromatic N) is 1. The standard InChI is InChI=1S/C42H52N4O9S/c1-2-27-23-42(27,41(51)45-56(52,53)29-19-20-29)44-38(49)34-21-28-24-46(34)40(50)32(25-11-6-7-12-25)22-36(47)55-35-18-10-14-26(35)13-4-3-5-16-31-37(48)30-15-8-9-17-33(30)43-39(31)54-28/h2-3,5,8-9,15,17,25-29,32,34-35H,1,4,6-7,10-14,16,18-24H2,(H,43,48)(H,44,49)(H,45,51)/b5-3+/t26-,27-,28-,32+,34+,35-,42-/m1/s1. The Morgan fingerprint density at radius 2 is 1.71 bits per heavy atom. The van der Waals surface area contributed by atoms with E-state index >= 15 is 0 Å². The number of aromatic amines is 1. The molecule has 1 aromatic heterocycles. The number of pyridine rings is 1. The SMILES string of the molecule is C=C[C@@H]1C[C@]1(NC(=O)[C@@H]1C[C@@H]2CN1C(=O)[C@H](C1CCCC1)CC(=O)O[C@@H]1CCC[C@H]1CC/C=C/Cc1c([nH]c3ccccc3c1=O)O2)C(=O)NS(=O)(=O)C1CC1. The van der Waals surface area contributed by atoms with Crippen molar-refractivity contribution in [2.75, 3.05) is 6.54 Å². The molecule has 1 aromatic carbocycles. The van der Waals surface area contributed by atoms with Crippen molar-refractivity contribution in [2.45, 2.75) is 125 Å². The molecule has 4 aliphatic carbocycles. The third-order valence-corrected chi connectivity index (χ3v) is 14.9. The fraction of sp³-hybridized carbons (Fsp3) is 0.595. The lowest BCUT2D eigenvalue weighted by Gasteiger charge is -2.32. The summed E-state index contributed by atoms with van der Waals surface area (Å²) < 4.78 is 40.5. The molecule has 4 saturated carbocycles. The number of amides is 3. The highest BCUT2D eigenvalue weighted by atomic mass is 32.2. The lowest BCUT2D eigenvalue weighted by Crippen LogP contribution is -2.57. The van der Waals surface area contributed by atoms with Gasteiger partial charge in [0.05, 0.1) is 35.2 Å². The monoisotopic (exact) mass is 788 g/mol. The van der Waals surface area contributed by atoms with Crippen molar-refractivity contribution in [1.29, 1.82) is 0 Å². The molecule has 56 heavy (non-hydrogen) atoms. The van der Waals surface area contributed by atoms with Crippen LogP contribution >= 0.6 is 0 Å². The number of ether oxygens (including phenoxy) is 2. The fourth-order valence-corrected chi connectivity index (χ4v) is 11.0. The van der Waals surface area contributed by atoms with Crippen LogP contribution in [-0.4, -0.2) is 77.6 Å². The topological polar surface area (TPSA) is 181 Å². The highest BCUT2D eigenvalue weighted by Gasteiger charge is 2.62. The first-order chi connectivity index (χ1) is 27.0. The summed E-state index contributed by atoms with van der Waals surface area (Å²) in [5.41, 5.74) is -0.692. The number of allylic oxidation sites excluding steroid dienone is 2. The number of hydrogen-bond acceptors (Lipinski definition) is 9. The van der Waals surface area contributed by atoms with Gasteiger partial charge in [0.15, 0.2) is 11.3 Å². The summed E-state index contributed by atoms with van der Waals surface area (Å²) in [6.45, 7) is 3.80. The number of benzene rings is 1. The predicted molar refractivity (Wildman–Crippen MR) is 208 cm³/mol. The molecule has 2 bridgehead atoms. The fourth-order valence-electron chi connectivity index (χ4n) is 9.64. The van der Waals surface area contributed by atoms with E-state index in [0.717, 1.165) is 57.8 Å². The van der Waals surface area contributed by atoms with Gasteiger partial charge in [-0.05, 0) is 94.6 Å². The molecular formula is C42H52N4O9S. The Hall–Kier alpha value is -4.46. The number of sulfonamides is 1. The summed E-state index contributed by atoms with van der Waals surface area (Å²) >= 11 is 0. The molecule has 1 saturated heterocycles.